The molecular weight excluding hydrogens is 288 g/mol. The van der Waals surface area contributed by atoms with Gasteiger partial charge in [0.25, 0.3) is 0 Å². The molecule has 2 fully saturated rings. The molecule has 0 aromatic carbocycles. The van der Waals surface area contributed by atoms with Gasteiger partial charge in [-0.05, 0) is 44.7 Å². The predicted molar refractivity (Wildman–Crippen MR) is 81.6 cm³/mol. The van der Waals surface area contributed by atoms with E-state index in [1.165, 1.54) is 0 Å². The van der Waals surface area contributed by atoms with Crippen LogP contribution in [0.3, 0.4) is 0 Å². The highest BCUT2D eigenvalue weighted by atomic mass is 32.2. The largest absolute Gasteiger partial charge is 0.464 e. The van der Waals surface area contributed by atoms with Gasteiger partial charge in [-0.15, -0.1) is 0 Å². The minimum Gasteiger partial charge on any atom is -0.464 e. The molecule has 0 radical (unpaired) electrons. The number of piperidine rings is 1. The number of hydrogen-bond acceptors (Lipinski definition) is 3. The van der Waals surface area contributed by atoms with Crippen LogP contribution >= 0.6 is 0 Å². The number of aryl methyl sites for hydroxylation is 1. The van der Waals surface area contributed by atoms with Gasteiger partial charge in [-0.1, -0.05) is 0 Å². The summed E-state index contributed by atoms with van der Waals surface area (Å²) in [6.45, 7) is 2.68. The van der Waals surface area contributed by atoms with Crippen molar-refractivity contribution in [3.8, 4) is 0 Å². The van der Waals surface area contributed by atoms with Crippen molar-refractivity contribution in [3.63, 3.8) is 0 Å². The zero-order valence-corrected chi connectivity index (χ0v) is 13.2. The van der Waals surface area contributed by atoms with Crippen molar-refractivity contribution in [2.24, 2.45) is 0 Å². The van der Waals surface area contributed by atoms with Crippen LogP contribution in [-0.4, -0.2) is 39.2 Å². The summed E-state index contributed by atoms with van der Waals surface area (Å²) in [6, 6.07) is 3.95. The maximum absolute atomic E-state index is 12.5. The summed E-state index contributed by atoms with van der Waals surface area (Å²) in [6.07, 6.45) is 3.90. The summed E-state index contributed by atoms with van der Waals surface area (Å²) >= 11 is 0. The van der Waals surface area contributed by atoms with E-state index in [9.17, 15) is 9.00 Å². The van der Waals surface area contributed by atoms with Crippen LogP contribution in [0.15, 0.2) is 16.5 Å². The Morgan fingerprint density at radius 2 is 2.24 bits per heavy atom. The number of furan rings is 1. The van der Waals surface area contributed by atoms with E-state index in [1.807, 2.05) is 24.0 Å². The Hall–Kier alpha value is -1.30. The van der Waals surface area contributed by atoms with Gasteiger partial charge in [0.1, 0.15) is 11.5 Å². The number of likely N-dealkylation sites (tertiary alicyclic amines) is 1. The van der Waals surface area contributed by atoms with Crippen molar-refractivity contribution in [3.05, 3.63) is 23.7 Å². The number of carbonyl (C=O) groups excluding carboxylic acids is 1. The van der Waals surface area contributed by atoms with Crippen molar-refractivity contribution < 1.29 is 13.4 Å². The Balaban J connectivity index is 1.68. The van der Waals surface area contributed by atoms with E-state index in [2.05, 4.69) is 5.32 Å². The van der Waals surface area contributed by atoms with Gasteiger partial charge >= 0.3 is 6.03 Å². The van der Waals surface area contributed by atoms with Crippen LogP contribution in [0.4, 0.5) is 4.79 Å². The second-order valence-electron chi connectivity index (χ2n) is 5.90. The lowest BCUT2D eigenvalue weighted by atomic mass is 10.0. The Kier molecular flexibility index (Phi) is 4.33. The van der Waals surface area contributed by atoms with Crippen LogP contribution in [0.25, 0.3) is 0 Å². The van der Waals surface area contributed by atoms with Crippen molar-refractivity contribution in [2.45, 2.75) is 44.7 Å². The third-order valence-electron chi connectivity index (χ3n) is 4.26. The van der Waals surface area contributed by atoms with Crippen molar-refractivity contribution >= 4 is 16.8 Å². The summed E-state index contributed by atoms with van der Waals surface area (Å²) in [4.78, 5) is 14.4. The highest BCUT2D eigenvalue weighted by Crippen LogP contribution is 2.32. The van der Waals surface area contributed by atoms with E-state index in [0.717, 1.165) is 43.7 Å². The first-order chi connectivity index (χ1) is 10.1. The van der Waals surface area contributed by atoms with E-state index >= 15 is 0 Å². The van der Waals surface area contributed by atoms with Gasteiger partial charge in [0.15, 0.2) is 0 Å². The quantitative estimate of drug-likeness (QED) is 0.912. The molecule has 3 heterocycles. The molecule has 116 valence electrons. The monoisotopic (exact) mass is 310 g/mol. The highest BCUT2D eigenvalue weighted by Gasteiger charge is 2.32. The first kappa shape index (κ1) is 14.6. The molecule has 1 aromatic heterocycles. The fraction of sp³-hybridized carbons (Fsp3) is 0.667. The maximum Gasteiger partial charge on any atom is 0.318 e. The topological polar surface area (TPSA) is 62.6 Å². The molecule has 0 spiro atoms. The third-order valence-corrected chi connectivity index (χ3v) is 5.73. The molecule has 21 heavy (non-hydrogen) atoms. The summed E-state index contributed by atoms with van der Waals surface area (Å²) in [5, 5.41) is 3.04. The minimum absolute atomic E-state index is 0.0272. The van der Waals surface area contributed by atoms with Crippen molar-refractivity contribution in [1.82, 2.24) is 10.2 Å². The Bertz CT molecular complexity index is 543. The van der Waals surface area contributed by atoms with Gasteiger partial charge in [-0.25, -0.2) is 4.79 Å². The molecule has 0 saturated carbocycles. The van der Waals surface area contributed by atoms with E-state index in [-0.39, 0.29) is 18.1 Å². The van der Waals surface area contributed by atoms with Crippen LogP contribution < -0.4 is 5.32 Å². The number of rotatable bonds is 2. The molecule has 5 nitrogen and oxygen atoms in total. The van der Waals surface area contributed by atoms with Gasteiger partial charge in [0.05, 0.1) is 6.04 Å². The highest BCUT2D eigenvalue weighted by molar-refractivity contribution is 7.85. The molecule has 2 aliphatic heterocycles. The number of hydrogen-bond donors (Lipinski definition) is 1. The lowest BCUT2D eigenvalue weighted by Gasteiger charge is -2.35. The van der Waals surface area contributed by atoms with Gasteiger partial charge in [0, 0.05) is 34.9 Å². The fourth-order valence-corrected chi connectivity index (χ4v) is 4.55. The SMILES string of the molecule is Cc1ccc(C2CCCCN2C(=O)NC2CCS(=O)C2)o1. The Morgan fingerprint density at radius 3 is 2.90 bits per heavy atom. The number of carbonyl (C=O) groups is 1. The van der Waals surface area contributed by atoms with Gasteiger partial charge in [-0.3, -0.25) is 4.21 Å². The van der Waals surface area contributed by atoms with Gasteiger partial charge < -0.3 is 14.6 Å². The number of nitrogens with zero attached hydrogens (tertiary/aromatic N) is 1. The summed E-state index contributed by atoms with van der Waals surface area (Å²) in [5.41, 5.74) is 0. The zero-order chi connectivity index (χ0) is 14.8. The molecule has 3 rings (SSSR count). The molecule has 0 bridgehead atoms. The summed E-state index contributed by atoms with van der Waals surface area (Å²) in [5.74, 6) is 3.04. The van der Waals surface area contributed by atoms with Gasteiger partial charge in [0.2, 0.25) is 0 Å². The average molecular weight is 310 g/mol. The lowest BCUT2D eigenvalue weighted by molar-refractivity contribution is 0.137. The fourth-order valence-electron chi connectivity index (χ4n) is 3.14. The lowest BCUT2D eigenvalue weighted by Crippen LogP contribution is -2.48. The molecule has 3 unspecified atom stereocenters. The van der Waals surface area contributed by atoms with Crippen LogP contribution in [0.2, 0.25) is 0 Å². The third kappa shape index (κ3) is 3.31. The summed E-state index contributed by atoms with van der Waals surface area (Å²) < 4.78 is 17.2. The first-order valence-electron chi connectivity index (χ1n) is 7.62. The average Bonchev–Trinajstić information content (AvgIpc) is 3.07. The molecule has 1 N–H and O–H groups in total. The number of urea groups is 1. The molecule has 6 heteroatoms. The minimum atomic E-state index is -0.767. The number of nitrogens with one attached hydrogen (secondary N) is 1. The van der Waals surface area contributed by atoms with E-state index in [4.69, 9.17) is 4.42 Å². The van der Waals surface area contributed by atoms with Crippen LogP contribution in [0, 0.1) is 6.92 Å². The van der Waals surface area contributed by atoms with E-state index < -0.39 is 10.8 Å². The standard InChI is InChI=1S/C15H22N2O3S/c1-11-5-6-14(20-11)13-4-2-3-8-17(13)15(18)16-12-7-9-21(19)10-12/h5-6,12-13H,2-4,7-10H2,1H3,(H,16,18). The van der Waals surface area contributed by atoms with Crippen LogP contribution in [0.1, 0.15) is 43.2 Å². The van der Waals surface area contributed by atoms with E-state index in [0.29, 0.717) is 11.5 Å². The van der Waals surface area contributed by atoms with Crippen molar-refractivity contribution in [2.75, 3.05) is 18.1 Å². The van der Waals surface area contributed by atoms with Crippen LogP contribution in [-0.2, 0) is 10.8 Å². The first-order valence-corrected chi connectivity index (χ1v) is 9.11. The predicted octanol–water partition coefficient (Wildman–Crippen LogP) is 2.35. The van der Waals surface area contributed by atoms with Crippen molar-refractivity contribution in [1.29, 1.82) is 0 Å². The Labute approximate surface area is 127 Å². The van der Waals surface area contributed by atoms with E-state index in [1.54, 1.807) is 0 Å². The maximum atomic E-state index is 12.5. The molecular formula is C15H22N2O3S. The number of amides is 2. The van der Waals surface area contributed by atoms with Gasteiger partial charge in [-0.2, -0.15) is 0 Å². The molecule has 1 aromatic rings. The Morgan fingerprint density at radius 1 is 1.38 bits per heavy atom. The second kappa shape index (κ2) is 6.22. The normalized spacial score (nSPS) is 29.6. The second-order valence-corrected chi connectivity index (χ2v) is 7.52. The summed E-state index contributed by atoms with van der Waals surface area (Å²) in [7, 11) is -0.767. The molecule has 2 aliphatic rings. The molecule has 3 atom stereocenters. The zero-order valence-electron chi connectivity index (χ0n) is 12.3. The molecule has 2 amide bonds. The molecule has 2 saturated heterocycles. The molecule has 0 aliphatic carbocycles. The smallest absolute Gasteiger partial charge is 0.318 e. The van der Waals surface area contributed by atoms with Crippen LogP contribution in [0.5, 0.6) is 0 Å².